The van der Waals surface area contributed by atoms with Crippen LogP contribution in [0.5, 0.6) is 11.5 Å². The molecule has 0 unspecified atom stereocenters. The van der Waals surface area contributed by atoms with Gasteiger partial charge in [0.2, 0.25) is 0 Å². The summed E-state index contributed by atoms with van der Waals surface area (Å²) in [6.07, 6.45) is 0.156. The van der Waals surface area contributed by atoms with Crippen LogP contribution in [0.25, 0.3) is 0 Å². The average Bonchev–Trinajstić information content (AvgIpc) is 2.69. The van der Waals surface area contributed by atoms with Crippen molar-refractivity contribution < 1.29 is 24.1 Å². The van der Waals surface area contributed by atoms with Crippen LogP contribution in [0.4, 0.5) is 4.39 Å². The first-order valence-electron chi connectivity index (χ1n) is 9.06. The van der Waals surface area contributed by atoms with E-state index in [1.165, 1.54) is 6.07 Å². The molecule has 146 valence electrons. The van der Waals surface area contributed by atoms with Crippen molar-refractivity contribution in [2.45, 2.75) is 24.5 Å². The van der Waals surface area contributed by atoms with E-state index in [9.17, 15) is 14.6 Å². The molecule has 0 spiro atoms. The highest BCUT2D eigenvalue weighted by molar-refractivity contribution is 5.43. The standard InChI is InChI=1S/C21H26FNO4/c1-26-19-8-7-15(13-20(19)27-2)18(24)14-23-11-9-21(25,10-12-23)16-5-3-4-6-17(16)22/h3-8,13,18,24-25H,9-12,14H2,1-2H3/t18-/m0/s1. The Bertz CT molecular complexity index is 775. The van der Waals surface area contributed by atoms with Crippen molar-refractivity contribution in [2.24, 2.45) is 0 Å². The van der Waals surface area contributed by atoms with E-state index in [0.717, 1.165) is 5.56 Å². The maximum absolute atomic E-state index is 14.0. The van der Waals surface area contributed by atoms with E-state index < -0.39 is 11.7 Å². The first-order chi connectivity index (χ1) is 13.0. The van der Waals surface area contributed by atoms with Crippen LogP contribution in [0.2, 0.25) is 0 Å². The zero-order valence-electron chi connectivity index (χ0n) is 15.7. The van der Waals surface area contributed by atoms with Crippen molar-refractivity contribution >= 4 is 0 Å². The van der Waals surface area contributed by atoms with Gasteiger partial charge in [-0.05, 0) is 36.6 Å². The number of ether oxygens (including phenoxy) is 2. The van der Waals surface area contributed by atoms with Crippen LogP contribution in [-0.2, 0) is 5.60 Å². The molecule has 2 N–H and O–H groups in total. The maximum Gasteiger partial charge on any atom is 0.161 e. The number of methoxy groups -OCH3 is 2. The largest absolute Gasteiger partial charge is 0.493 e. The van der Waals surface area contributed by atoms with Crippen molar-refractivity contribution in [2.75, 3.05) is 33.9 Å². The van der Waals surface area contributed by atoms with E-state index in [0.29, 0.717) is 49.5 Å². The van der Waals surface area contributed by atoms with Crippen molar-refractivity contribution in [3.63, 3.8) is 0 Å². The maximum atomic E-state index is 14.0. The lowest BCUT2D eigenvalue weighted by Crippen LogP contribution is -2.44. The van der Waals surface area contributed by atoms with Gasteiger partial charge in [-0.15, -0.1) is 0 Å². The van der Waals surface area contributed by atoms with Crippen LogP contribution in [0.3, 0.4) is 0 Å². The van der Waals surface area contributed by atoms with Crippen LogP contribution >= 0.6 is 0 Å². The van der Waals surface area contributed by atoms with Gasteiger partial charge < -0.3 is 24.6 Å². The minimum atomic E-state index is -1.16. The molecule has 1 fully saturated rings. The number of piperidine rings is 1. The van der Waals surface area contributed by atoms with Crippen LogP contribution in [-0.4, -0.2) is 49.0 Å². The second-order valence-electron chi connectivity index (χ2n) is 6.94. The lowest BCUT2D eigenvalue weighted by Gasteiger charge is -2.39. The van der Waals surface area contributed by atoms with Crippen molar-refractivity contribution in [1.82, 2.24) is 4.90 Å². The Hall–Kier alpha value is -2.15. The molecule has 0 bridgehead atoms. The molecule has 1 aliphatic rings. The number of aliphatic hydroxyl groups excluding tert-OH is 1. The minimum Gasteiger partial charge on any atom is -0.493 e. The summed E-state index contributed by atoms with van der Waals surface area (Å²) in [6, 6.07) is 11.7. The van der Waals surface area contributed by atoms with E-state index in [2.05, 4.69) is 4.90 Å². The summed E-state index contributed by atoms with van der Waals surface area (Å²) in [5.41, 5.74) is -0.0662. The fraction of sp³-hybridized carbons (Fsp3) is 0.429. The summed E-state index contributed by atoms with van der Waals surface area (Å²) in [7, 11) is 3.13. The zero-order chi connectivity index (χ0) is 19.4. The Labute approximate surface area is 159 Å². The molecule has 2 aromatic rings. The van der Waals surface area contributed by atoms with Gasteiger partial charge in [-0.2, -0.15) is 0 Å². The predicted molar refractivity (Wildman–Crippen MR) is 100 cm³/mol. The molecule has 3 rings (SSSR count). The lowest BCUT2D eigenvalue weighted by molar-refractivity contribution is -0.0367. The van der Waals surface area contributed by atoms with Gasteiger partial charge in [0, 0.05) is 25.2 Å². The molecular formula is C21H26FNO4. The molecule has 0 saturated carbocycles. The number of halogens is 1. The normalized spacial score (nSPS) is 18.1. The third-order valence-corrected chi connectivity index (χ3v) is 5.28. The topological polar surface area (TPSA) is 62.2 Å². The Morgan fingerprint density at radius 3 is 2.37 bits per heavy atom. The van der Waals surface area contributed by atoms with E-state index in [1.54, 1.807) is 44.6 Å². The number of hydrogen-bond acceptors (Lipinski definition) is 5. The quantitative estimate of drug-likeness (QED) is 0.813. The molecule has 5 nitrogen and oxygen atoms in total. The number of aliphatic hydroxyl groups is 2. The molecule has 1 saturated heterocycles. The molecule has 1 heterocycles. The zero-order valence-corrected chi connectivity index (χ0v) is 15.7. The number of benzene rings is 2. The van der Waals surface area contributed by atoms with Crippen LogP contribution in [0.1, 0.15) is 30.1 Å². The van der Waals surface area contributed by atoms with Gasteiger partial charge in [-0.1, -0.05) is 24.3 Å². The summed E-state index contributed by atoms with van der Waals surface area (Å²) in [5, 5.41) is 21.4. The van der Waals surface area contributed by atoms with Gasteiger partial charge in [-0.3, -0.25) is 0 Å². The molecule has 1 aliphatic heterocycles. The van der Waals surface area contributed by atoms with Crippen molar-refractivity contribution in [3.8, 4) is 11.5 Å². The third kappa shape index (κ3) is 4.24. The molecule has 6 heteroatoms. The summed E-state index contributed by atoms with van der Waals surface area (Å²) in [6.45, 7) is 1.59. The monoisotopic (exact) mass is 375 g/mol. The minimum absolute atomic E-state index is 0.352. The van der Waals surface area contributed by atoms with Crippen molar-refractivity contribution in [3.05, 3.63) is 59.4 Å². The first kappa shape index (κ1) is 19.6. The van der Waals surface area contributed by atoms with E-state index in [1.807, 2.05) is 6.07 Å². The number of β-amino-alcohol motifs (C(OH)–C–C–N with tert-alkyl or cyclic N) is 1. The molecule has 1 atom stereocenters. The highest BCUT2D eigenvalue weighted by atomic mass is 19.1. The summed E-state index contributed by atoms with van der Waals surface area (Å²) in [5.74, 6) is 0.807. The predicted octanol–water partition coefficient (Wildman–Crippen LogP) is 2.86. The third-order valence-electron chi connectivity index (χ3n) is 5.28. The average molecular weight is 375 g/mol. The fourth-order valence-electron chi connectivity index (χ4n) is 3.62. The smallest absolute Gasteiger partial charge is 0.161 e. The highest BCUT2D eigenvalue weighted by Crippen LogP contribution is 2.35. The second-order valence-corrected chi connectivity index (χ2v) is 6.94. The second kappa shape index (κ2) is 8.25. The van der Waals surface area contributed by atoms with Crippen LogP contribution < -0.4 is 9.47 Å². The van der Waals surface area contributed by atoms with Gasteiger partial charge in [-0.25, -0.2) is 4.39 Å². The summed E-state index contributed by atoms with van der Waals surface area (Å²) >= 11 is 0. The van der Waals surface area contributed by atoms with Gasteiger partial charge in [0.15, 0.2) is 11.5 Å². The SMILES string of the molecule is COc1ccc([C@@H](O)CN2CCC(O)(c3ccccc3F)CC2)cc1OC. The lowest BCUT2D eigenvalue weighted by atomic mass is 9.84. The van der Waals surface area contributed by atoms with Crippen LogP contribution in [0.15, 0.2) is 42.5 Å². The molecule has 0 radical (unpaired) electrons. The van der Waals surface area contributed by atoms with Gasteiger partial charge in [0.25, 0.3) is 0 Å². The van der Waals surface area contributed by atoms with Gasteiger partial charge >= 0.3 is 0 Å². The molecule has 2 aromatic carbocycles. The molecule has 0 amide bonds. The Morgan fingerprint density at radius 2 is 1.74 bits per heavy atom. The Kier molecular flexibility index (Phi) is 5.99. The van der Waals surface area contributed by atoms with E-state index in [-0.39, 0.29) is 5.82 Å². The summed E-state index contributed by atoms with van der Waals surface area (Å²) in [4.78, 5) is 2.08. The molecular weight excluding hydrogens is 349 g/mol. The number of likely N-dealkylation sites (tertiary alicyclic amines) is 1. The Balaban J connectivity index is 1.63. The van der Waals surface area contributed by atoms with Crippen LogP contribution in [0, 0.1) is 5.82 Å². The van der Waals surface area contributed by atoms with E-state index in [4.69, 9.17) is 9.47 Å². The fourth-order valence-corrected chi connectivity index (χ4v) is 3.62. The van der Waals surface area contributed by atoms with Gasteiger partial charge in [0.1, 0.15) is 5.82 Å². The summed E-state index contributed by atoms with van der Waals surface area (Å²) < 4.78 is 24.6. The molecule has 0 aromatic heterocycles. The Morgan fingerprint density at radius 1 is 1.07 bits per heavy atom. The number of hydrogen-bond donors (Lipinski definition) is 2. The first-order valence-corrected chi connectivity index (χ1v) is 9.06. The van der Waals surface area contributed by atoms with Gasteiger partial charge in [0.05, 0.1) is 25.9 Å². The molecule has 0 aliphatic carbocycles. The number of nitrogens with zero attached hydrogens (tertiary/aromatic N) is 1. The van der Waals surface area contributed by atoms with Crippen molar-refractivity contribution in [1.29, 1.82) is 0 Å². The number of rotatable bonds is 6. The highest BCUT2D eigenvalue weighted by Gasteiger charge is 2.36. The van der Waals surface area contributed by atoms with E-state index >= 15 is 0 Å². The molecule has 27 heavy (non-hydrogen) atoms.